The topological polar surface area (TPSA) is 44.9 Å². The highest BCUT2D eigenvalue weighted by atomic mass is 19.1. The third-order valence-corrected chi connectivity index (χ3v) is 3.36. The van der Waals surface area contributed by atoms with Crippen molar-refractivity contribution in [2.24, 2.45) is 0 Å². The number of H-pyrrole nitrogens is 1. The highest BCUT2D eigenvalue weighted by molar-refractivity contribution is 6.10. The van der Waals surface area contributed by atoms with Crippen LogP contribution >= 0.6 is 0 Å². The number of hydrogen-bond acceptors (Lipinski definition) is 2. The fourth-order valence-electron chi connectivity index (χ4n) is 2.27. The summed E-state index contributed by atoms with van der Waals surface area (Å²) in [6.07, 6.45) is 2.30. The maximum atomic E-state index is 13.3. The molecular weight excluding hydrogens is 231 g/mol. The van der Waals surface area contributed by atoms with Crippen LogP contribution in [-0.2, 0) is 0 Å². The van der Waals surface area contributed by atoms with E-state index in [0.29, 0.717) is 23.5 Å². The number of carbonyl (C=O) groups is 1. The predicted molar refractivity (Wildman–Crippen MR) is 68.3 cm³/mol. The molecule has 0 aliphatic heterocycles. The number of fused-ring (bicyclic) bond motifs is 1. The highest BCUT2D eigenvalue weighted by Crippen LogP contribution is 2.24. The molecule has 1 aliphatic carbocycles. The number of rotatable bonds is 4. The Morgan fingerprint density at radius 1 is 1.50 bits per heavy atom. The summed E-state index contributed by atoms with van der Waals surface area (Å²) in [5.74, 6) is -0.290. The molecule has 0 amide bonds. The number of ketones is 1. The van der Waals surface area contributed by atoms with Crippen LogP contribution in [0.2, 0.25) is 0 Å². The molecule has 0 unspecified atom stereocenters. The van der Waals surface area contributed by atoms with Crippen molar-refractivity contribution in [3.63, 3.8) is 0 Å². The van der Waals surface area contributed by atoms with Gasteiger partial charge in [-0.05, 0) is 38.0 Å². The van der Waals surface area contributed by atoms with Gasteiger partial charge in [-0.1, -0.05) is 0 Å². The Kier molecular flexibility index (Phi) is 2.67. The Morgan fingerprint density at radius 3 is 3.00 bits per heavy atom. The molecule has 1 aromatic carbocycles. The van der Waals surface area contributed by atoms with E-state index in [-0.39, 0.29) is 11.6 Å². The van der Waals surface area contributed by atoms with Gasteiger partial charge >= 0.3 is 0 Å². The molecule has 1 fully saturated rings. The molecule has 0 atom stereocenters. The van der Waals surface area contributed by atoms with Crippen LogP contribution in [0.5, 0.6) is 0 Å². The van der Waals surface area contributed by atoms with Crippen LogP contribution in [0.15, 0.2) is 18.2 Å². The average Bonchev–Trinajstić information content (AvgIpc) is 3.09. The van der Waals surface area contributed by atoms with E-state index in [1.54, 1.807) is 6.07 Å². The third kappa shape index (κ3) is 2.04. The molecule has 0 bridgehead atoms. The molecule has 1 heterocycles. The highest BCUT2D eigenvalue weighted by Gasteiger charge is 2.23. The number of halogens is 1. The summed E-state index contributed by atoms with van der Waals surface area (Å²) in [5, 5.41) is 3.87. The standard InChI is InChI=1S/C14H15FN2O/c1-8-14(13(18)7-16-10-3-4-10)11-6-9(15)2-5-12(11)17-8/h2,5-6,10,16-17H,3-4,7H2,1H3. The summed E-state index contributed by atoms with van der Waals surface area (Å²) in [6.45, 7) is 2.18. The predicted octanol–water partition coefficient (Wildman–Crippen LogP) is 2.55. The molecule has 3 nitrogen and oxygen atoms in total. The maximum absolute atomic E-state index is 13.3. The fourth-order valence-corrected chi connectivity index (χ4v) is 2.27. The molecule has 1 aromatic heterocycles. The first-order valence-electron chi connectivity index (χ1n) is 6.19. The molecule has 0 spiro atoms. The second-order valence-electron chi connectivity index (χ2n) is 4.89. The lowest BCUT2D eigenvalue weighted by Gasteiger charge is -2.02. The zero-order chi connectivity index (χ0) is 12.7. The minimum absolute atomic E-state index is 0.0243. The van der Waals surface area contributed by atoms with Crippen molar-refractivity contribution < 1.29 is 9.18 Å². The quantitative estimate of drug-likeness (QED) is 0.814. The summed E-state index contributed by atoms with van der Waals surface area (Å²) in [4.78, 5) is 15.3. The Bertz CT molecular complexity index is 614. The van der Waals surface area contributed by atoms with Crippen LogP contribution < -0.4 is 5.32 Å². The summed E-state index contributed by atoms with van der Waals surface area (Å²) in [6, 6.07) is 4.98. The number of Topliss-reactive ketones (excluding diaryl/α,β-unsaturated/α-hetero) is 1. The summed E-state index contributed by atoms with van der Waals surface area (Å²) in [7, 11) is 0. The van der Waals surface area contributed by atoms with E-state index in [4.69, 9.17) is 0 Å². The monoisotopic (exact) mass is 246 g/mol. The Hall–Kier alpha value is -1.68. The minimum Gasteiger partial charge on any atom is -0.358 e. The molecule has 18 heavy (non-hydrogen) atoms. The first-order valence-corrected chi connectivity index (χ1v) is 6.19. The van der Waals surface area contributed by atoms with Gasteiger partial charge in [0.05, 0.1) is 6.54 Å². The lowest BCUT2D eigenvalue weighted by Crippen LogP contribution is -2.25. The number of hydrogen-bond donors (Lipinski definition) is 2. The van der Waals surface area contributed by atoms with E-state index in [9.17, 15) is 9.18 Å². The Morgan fingerprint density at radius 2 is 2.28 bits per heavy atom. The van der Waals surface area contributed by atoms with Gasteiger partial charge in [0, 0.05) is 28.2 Å². The number of aromatic nitrogens is 1. The Balaban J connectivity index is 1.95. The van der Waals surface area contributed by atoms with Crippen molar-refractivity contribution in [3.05, 3.63) is 35.3 Å². The van der Waals surface area contributed by atoms with E-state index in [1.165, 1.54) is 12.1 Å². The normalized spacial score (nSPS) is 15.2. The van der Waals surface area contributed by atoms with Gasteiger partial charge < -0.3 is 10.3 Å². The van der Waals surface area contributed by atoms with Gasteiger partial charge in [0.25, 0.3) is 0 Å². The van der Waals surface area contributed by atoms with Crippen molar-refractivity contribution in [1.29, 1.82) is 0 Å². The van der Waals surface area contributed by atoms with Crippen molar-refractivity contribution in [2.45, 2.75) is 25.8 Å². The second kappa shape index (κ2) is 4.21. The number of benzene rings is 1. The first-order chi connectivity index (χ1) is 8.65. The van der Waals surface area contributed by atoms with Gasteiger partial charge in [0.1, 0.15) is 5.82 Å². The second-order valence-corrected chi connectivity index (χ2v) is 4.89. The van der Waals surface area contributed by atoms with Crippen LogP contribution in [-0.4, -0.2) is 23.4 Å². The smallest absolute Gasteiger partial charge is 0.179 e. The van der Waals surface area contributed by atoms with Crippen LogP contribution in [0.4, 0.5) is 4.39 Å². The van der Waals surface area contributed by atoms with Crippen LogP contribution in [0.1, 0.15) is 28.9 Å². The maximum Gasteiger partial charge on any atom is 0.179 e. The average molecular weight is 246 g/mol. The van der Waals surface area contributed by atoms with Gasteiger partial charge in [-0.25, -0.2) is 4.39 Å². The van der Waals surface area contributed by atoms with Gasteiger partial charge in [-0.15, -0.1) is 0 Å². The molecule has 1 aliphatic rings. The van der Waals surface area contributed by atoms with E-state index >= 15 is 0 Å². The molecule has 94 valence electrons. The van der Waals surface area contributed by atoms with E-state index in [2.05, 4.69) is 10.3 Å². The largest absolute Gasteiger partial charge is 0.358 e. The van der Waals surface area contributed by atoms with Crippen molar-refractivity contribution in [2.75, 3.05) is 6.54 Å². The van der Waals surface area contributed by atoms with E-state index in [1.807, 2.05) is 6.92 Å². The fraction of sp³-hybridized carbons (Fsp3) is 0.357. The van der Waals surface area contributed by atoms with Gasteiger partial charge in [0.15, 0.2) is 5.78 Å². The molecule has 1 saturated carbocycles. The van der Waals surface area contributed by atoms with Crippen molar-refractivity contribution in [1.82, 2.24) is 10.3 Å². The van der Waals surface area contributed by atoms with Gasteiger partial charge in [-0.3, -0.25) is 4.79 Å². The van der Waals surface area contributed by atoms with Crippen LogP contribution in [0, 0.1) is 12.7 Å². The zero-order valence-corrected chi connectivity index (χ0v) is 10.2. The van der Waals surface area contributed by atoms with Crippen LogP contribution in [0.25, 0.3) is 10.9 Å². The van der Waals surface area contributed by atoms with E-state index in [0.717, 1.165) is 24.1 Å². The molecule has 0 saturated heterocycles. The van der Waals surface area contributed by atoms with Gasteiger partial charge in [-0.2, -0.15) is 0 Å². The lowest BCUT2D eigenvalue weighted by atomic mass is 10.1. The zero-order valence-electron chi connectivity index (χ0n) is 10.2. The molecule has 4 heteroatoms. The molecule has 2 N–H and O–H groups in total. The summed E-state index contributed by atoms with van der Waals surface area (Å²) in [5.41, 5.74) is 2.22. The third-order valence-electron chi connectivity index (χ3n) is 3.36. The SMILES string of the molecule is Cc1[nH]c2ccc(F)cc2c1C(=O)CNC1CC1. The number of aryl methyl sites for hydroxylation is 1. The molecule has 3 rings (SSSR count). The first kappa shape index (κ1) is 11.4. The Labute approximate surface area is 104 Å². The minimum atomic E-state index is -0.314. The van der Waals surface area contributed by atoms with Gasteiger partial charge in [0.2, 0.25) is 0 Å². The molecule has 0 radical (unpaired) electrons. The molecular formula is C14H15FN2O. The van der Waals surface area contributed by atoms with E-state index < -0.39 is 0 Å². The number of nitrogens with one attached hydrogen (secondary N) is 2. The van der Waals surface area contributed by atoms with Crippen molar-refractivity contribution >= 4 is 16.7 Å². The summed E-state index contributed by atoms with van der Waals surface area (Å²) < 4.78 is 13.3. The molecule has 2 aromatic rings. The summed E-state index contributed by atoms with van der Waals surface area (Å²) >= 11 is 0. The van der Waals surface area contributed by atoms with Crippen molar-refractivity contribution in [3.8, 4) is 0 Å². The van der Waals surface area contributed by atoms with Crippen LogP contribution in [0.3, 0.4) is 0 Å². The lowest BCUT2D eigenvalue weighted by molar-refractivity contribution is 0.0991. The number of carbonyl (C=O) groups excluding carboxylic acids is 1. The number of aromatic amines is 1.